The highest BCUT2D eigenvalue weighted by molar-refractivity contribution is 5.76. The first-order valence-electron chi connectivity index (χ1n) is 8.51. The Morgan fingerprint density at radius 2 is 2.12 bits per heavy atom. The van der Waals surface area contributed by atoms with E-state index in [2.05, 4.69) is 21.6 Å². The second-order valence-electron chi connectivity index (χ2n) is 6.09. The molecule has 2 aromatic heterocycles. The molecule has 0 atom stereocenters. The van der Waals surface area contributed by atoms with E-state index in [1.807, 2.05) is 0 Å². The number of pyridine rings is 1. The highest BCUT2D eigenvalue weighted by atomic mass is 16.1. The molecule has 0 unspecified atom stereocenters. The molecule has 0 saturated heterocycles. The van der Waals surface area contributed by atoms with E-state index in [-0.39, 0.29) is 17.9 Å². The van der Waals surface area contributed by atoms with Gasteiger partial charge in [-0.15, -0.1) is 10.2 Å². The number of carbonyl (C=O) groups excluding carboxylic acids is 1. The smallest absolute Gasteiger partial charge is 0.279 e. The third kappa shape index (κ3) is 4.07. The van der Waals surface area contributed by atoms with Gasteiger partial charge in [0.15, 0.2) is 5.65 Å². The molecule has 0 radical (unpaired) electrons. The van der Waals surface area contributed by atoms with Gasteiger partial charge in [0.25, 0.3) is 5.56 Å². The summed E-state index contributed by atoms with van der Waals surface area (Å²) in [5.74, 6) is -0.0502. The Morgan fingerprint density at radius 3 is 2.96 bits per heavy atom. The summed E-state index contributed by atoms with van der Waals surface area (Å²) in [6, 6.07) is 5.30. The van der Waals surface area contributed by atoms with Gasteiger partial charge in [-0.1, -0.05) is 17.7 Å². The fourth-order valence-corrected chi connectivity index (χ4v) is 2.95. The number of hydrogen-bond acceptors (Lipinski definition) is 4. The summed E-state index contributed by atoms with van der Waals surface area (Å²) in [6.45, 7) is 0.660. The van der Waals surface area contributed by atoms with E-state index in [9.17, 15) is 9.59 Å². The predicted molar refractivity (Wildman–Crippen MR) is 91.8 cm³/mol. The molecule has 0 saturated carbocycles. The molecule has 0 fully saturated rings. The van der Waals surface area contributed by atoms with Crippen LogP contribution in [0.15, 0.2) is 40.8 Å². The molecule has 1 amide bonds. The maximum absolute atomic E-state index is 12.3. The Morgan fingerprint density at radius 1 is 1.21 bits per heavy atom. The van der Waals surface area contributed by atoms with Crippen molar-refractivity contribution in [1.29, 1.82) is 0 Å². The number of aryl methyl sites for hydroxylation is 1. The Bertz CT molecular complexity index is 810. The van der Waals surface area contributed by atoms with Crippen molar-refractivity contribution in [2.24, 2.45) is 0 Å². The third-order valence-electron chi connectivity index (χ3n) is 4.32. The van der Waals surface area contributed by atoms with Gasteiger partial charge in [-0.05, 0) is 44.2 Å². The Kier molecular flexibility index (Phi) is 5.36. The molecule has 24 heavy (non-hydrogen) atoms. The average molecular weight is 326 g/mol. The quantitative estimate of drug-likeness (QED) is 0.824. The van der Waals surface area contributed by atoms with Crippen LogP contribution in [0.5, 0.6) is 0 Å². The first-order valence-corrected chi connectivity index (χ1v) is 8.51. The number of nitrogens with zero attached hydrogens (tertiary/aromatic N) is 3. The van der Waals surface area contributed by atoms with Gasteiger partial charge in [0.2, 0.25) is 5.91 Å². The molecule has 3 rings (SSSR count). The van der Waals surface area contributed by atoms with Crippen molar-refractivity contribution in [3.63, 3.8) is 0 Å². The summed E-state index contributed by atoms with van der Waals surface area (Å²) >= 11 is 0. The van der Waals surface area contributed by atoms with Crippen molar-refractivity contribution in [2.75, 3.05) is 6.54 Å². The number of aromatic nitrogens is 3. The standard InChI is InChI=1S/C18H22N4O2/c23-17(19-12-11-14-6-2-1-3-7-14)10-9-15-18(24)22-13-5-4-8-16(22)21-20-15/h4-6,8,13H,1-3,7,9-12H2,(H,19,23). The minimum absolute atomic E-state index is 0.0502. The molecule has 0 spiro atoms. The summed E-state index contributed by atoms with van der Waals surface area (Å²) in [7, 11) is 0. The Balaban J connectivity index is 1.50. The van der Waals surface area contributed by atoms with Crippen LogP contribution in [-0.2, 0) is 11.2 Å². The van der Waals surface area contributed by atoms with Crippen LogP contribution in [0.25, 0.3) is 5.65 Å². The van der Waals surface area contributed by atoms with Crippen LogP contribution in [0, 0.1) is 0 Å². The van der Waals surface area contributed by atoms with Gasteiger partial charge in [0.05, 0.1) is 0 Å². The van der Waals surface area contributed by atoms with E-state index in [0.717, 1.165) is 19.3 Å². The van der Waals surface area contributed by atoms with Crippen molar-refractivity contribution >= 4 is 11.6 Å². The summed E-state index contributed by atoms with van der Waals surface area (Å²) in [5, 5.41) is 10.9. The largest absolute Gasteiger partial charge is 0.356 e. The first kappa shape index (κ1) is 16.4. The van der Waals surface area contributed by atoms with Crippen LogP contribution >= 0.6 is 0 Å². The van der Waals surface area contributed by atoms with Crippen LogP contribution in [-0.4, -0.2) is 27.0 Å². The zero-order valence-corrected chi connectivity index (χ0v) is 13.7. The van der Waals surface area contributed by atoms with E-state index < -0.39 is 0 Å². The minimum Gasteiger partial charge on any atom is -0.356 e. The monoisotopic (exact) mass is 326 g/mol. The number of fused-ring (bicyclic) bond motifs is 1. The molecule has 6 heteroatoms. The molecule has 1 N–H and O–H groups in total. The fourth-order valence-electron chi connectivity index (χ4n) is 2.95. The maximum atomic E-state index is 12.3. The highest BCUT2D eigenvalue weighted by Crippen LogP contribution is 2.19. The van der Waals surface area contributed by atoms with Crippen molar-refractivity contribution in [3.8, 4) is 0 Å². The molecule has 1 aliphatic rings. The van der Waals surface area contributed by atoms with Crippen LogP contribution in [0.2, 0.25) is 0 Å². The van der Waals surface area contributed by atoms with E-state index in [1.54, 1.807) is 24.4 Å². The lowest BCUT2D eigenvalue weighted by atomic mass is 9.97. The molecule has 0 aromatic carbocycles. The lowest BCUT2D eigenvalue weighted by molar-refractivity contribution is -0.121. The van der Waals surface area contributed by atoms with E-state index >= 15 is 0 Å². The lowest BCUT2D eigenvalue weighted by Gasteiger charge is -2.12. The molecule has 2 heterocycles. The highest BCUT2D eigenvalue weighted by Gasteiger charge is 2.10. The number of hydrogen-bond donors (Lipinski definition) is 1. The predicted octanol–water partition coefficient (Wildman–Crippen LogP) is 2.03. The second-order valence-corrected chi connectivity index (χ2v) is 6.09. The maximum Gasteiger partial charge on any atom is 0.279 e. The van der Waals surface area contributed by atoms with E-state index in [1.165, 1.54) is 22.8 Å². The normalized spacial score (nSPS) is 14.4. The number of amides is 1. The number of allylic oxidation sites excluding steroid dienone is 1. The van der Waals surface area contributed by atoms with Crippen LogP contribution in [0.3, 0.4) is 0 Å². The zero-order valence-electron chi connectivity index (χ0n) is 13.7. The number of nitrogens with one attached hydrogen (secondary N) is 1. The van der Waals surface area contributed by atoms with Crippen molar-refractivity contribution in [2.45, 2.75) is 44.9 Å². The topological polar surface area (TPSA) is 76.4 Å². The van der Waals surface area contributed by atoms with Crippen molar-refractivity contribution in [1.82, 2.24) is 19.9 Å². The Labute approximate surface area is 140 Å². The summed E-state index contributed by atoms with van der Waals surface area (Å²) < 4.78 is 1.45. The third-order valence-corrected chi connectivity index (χ3v) is 4.32. The molecule has 6 nitrogen and oxygen atoms in total. The van der Waals surface area contributed by atoms with Gasteiger partial charge in [-0.25, -0.2) is 0 Å². The molecule has 2 aromatic rings. The van der Waals surface area contributed by atoms with Crippen LogP contribution in [0.1, 0.15) is 44.2 Å². The molecule has 126 valence electrons. The van der Waals surface area contributed by atoms with Crippen LogP contribution < -0.4 is 10.9 Å². The van der Waals surface area contributed by atoms with E-state index in [4.69, 9.17) is 0 Å². The molecular formula is C18H22N4O2. The lowest BCUT2D eigenvalue weighted by Crippen LogP contribution is -2.27. The fraction of sp³-hybridized carbons (Fsp3) is 0.444. The molecule has 0 aliphatic heterocycles. The van der Waals surface area contributed by atoms with Gasteiger partial charge >= 0.3 is 0 Å². The number of carbonyl (C=O) groups is 1. The van der Waals surface area contributed by atoms with Gasteiger partial charge in [0.1, 0.15) is 5.69 Å². The van der Waals surface area contributed by atoms with Gasteiger partial charge in [-0.3, -0.25) is 14.0 Å². The molecular weight excluding hydrogens is 304 g/mol. The van der Waals surface area contributed by atoms with Gasteiger partial charge in [-0.2, -0.15) is 0 Å². The zero-order chi connectivity index (χ0) is 16.8. The Hall–Kier alpha value is -2.50. The number of rotatable bonds is 6. The molecule has 1 aliphatic carbocycles. The van der Waals surface area contributed by atoms with E-state index in [0.29, 0.717) is 24.3 Å². The van der Waals surface area contributed by atoms with Gasteiger partial charge < -0.3 is 5.32 Å². The first-order chi connectivity index (χ1) is 11.7. The summed E-state index contributed by atoms with van der Waals surface area (Å²) in [4.78, 5) is 24.2. The molecule has 0 bridgehead atoms. The van der Waals surface area contributed by atoms with Crippen molar-refractivity contribution in [3.05, 3.63) is 52.1 Å². The van der Waals surface area contributed by atoms with Crippen LogP contribution in [0.4, 0.5) is 0 Å². The summed E-state index contributed by atoms with van der Waals surface area (Å²) in [6.07, 6.45) is 10.3. The summed E-state index contributed by atoms with van der Waals surface area (Å²) in [5.41, 5.74) is 2.07. The SMILES string of the molecule is O=C(CCc1nnc2ccccn2c1=O)NCCC1=CCCCC1. The second kappa shape index (κ2) is 7.86. The van der Waals surface area contributed by atoms with Gasteiger partial charge in [0, 0.05) is 25.6 Å². The average Bonchev–Trinajstić information content (AvgIpc) is 2.62. The van der Waals surface area contributed by atoms with Crippen molar-refractivity contribution < 1.29 is 4.79 Å². The minimum atomic E-state index is -0.208.